The van der Waals surface area contributed by atoms with Gasteiger partial charge in [-0.1, -0.05) is 12.1 Å². The van der Waals surface area contributed by atoms with Crippen molar-refractivity contribution >= 4 is 12.1 Å². The van der Waals surface area contributed by atoms with E-state index in [1.165, 1.54) is 19.2 Å². The van der Waals surface area contributed by atoms with Crippen molar-refractivity contribution in [2.75, 3.05) is 7.11 Å². The van der Waals surface area contributed by atoms with Crippen LogP contribution < -0.4 is 4.74 Å². The van der Waals surface area contributed by atoms with E-state index in [-0.39, 0.29) is 29.3 Å². The lowest BCUT2D eigenvalue weighted by molar-refractivity contribution is 0.0979. The molecule has 0 spiro atoms. The van der Waals surface area contributed by atoms with Crippen molar-refractivity contribution in [3.8, 4) is 17.2 Å². The first kappa shape index (κ1) is 16.5. The Morgan fingerprint density at radius 1 is 1.22 bits per heavy atom. The lowest BCUT2D eigenvalue weighted by Gasteiger charge is -2.13. The van der Waals surface area contributed by atoms with Crippen LogP contribution in [0.2, 0.25) is 0 Å². The summed E-state index contributed by atoms with van der Waals surface area (Å²) >= 11 is 0. The van der Waals surface area contributed by atoms with Crippen molar-refractivity contribution in [3.05, 3.63) is 52.6 Å². The highest BCUT2D eigenvalue weighted by Crippen LogP contribution is 2.28. The van der Waals surface area contributed by atoms with Crippen molar-refractivity contribution in [2.45, 2.75) is 19.8 Å². The maximum Gasteiger partial charge on any atom is 0.166 e. The van der Waals surface area contributed by atoms with E-state index in [2.05, 4.69) is 0 Å². The molecule has 0 saturated carbocycles. The van der Waals surface area contributed by atoms with Crippen LogP contribution in [-0.2, 0) is 6.42 Å². The van der Waals surface area contributed by atoms with E-state index < -0.39 is 0 Å². The van der Waals surface area contributed by atoms with Crippen molar-refractivity contribution in [2.24, 2.45) is 0 Å². The van der Waals surface area contributed by atoms with Gasteiger partial charge in [-0.15, -0.1) is 0 Å². The number of ether oxygens (including phenoxy) is 1. The molecule has 2 N–H and O–H groups in total. The summed E-state index contributed by atoms with van der Waals surface area (Å²) in [7, 11) is 1.52. The van der Waals surface area contributed by atoms with Crippen molar-refractivity contribution in [1.29, 1.82) is 0 Å². The first-order valence-electron chi connectivity index (χ1n) is 7.14. The summed E-state index contributed by atoms with van der Waals surface area (Å²) < 4.78 is 5.34. The average molecular weight is 314 g/mol. The topological polar surface area (TPSA) is 83.8 Å². The number of hydrogen-bond acceptors (Lipinski definition) is 5. The zero-order valence-corrected chi connectivity index (χ0v) is 13.0. The third-order valence-electron chi connectivity index (χ3n) is 3.76. The van der Waals surface area contributed by atoms with E-state index >= 15 is 0 Å². The number of carbonyl (C=O) groups excluding carboxylic acids is 2. The van der Waals surface area contributed by atoms with Gasteiger partial charge in [-0.3, -0.25) is 9.59 Å². The Hall–Kier alpha value is -2.82. The Morgan fingerprint density at radius 2 is 1.96 bits per heavy atom. The van der Waals surface area contributed by atoms with Crippen LogP contribution in [-0.4, -0.2) is 29.4 Å². The number of rotatable bonds is 6. The Kier molecular flexibility index (Phi) is 5.01. The molecule has 0 unspecified atom stereocenters. The molecule has 0 aliphatic rings. The smallest absolute Gasteiger partial charge is 0.166 e. The molecule has 120 valence electrons. The summed E-state index contributed by atoms with van der Waals surface area (Å²) in [5.41, 5.74) is 2.28. The monoisotopic (exact) mass is 314 g/mol. The number of phenols is 2. The Balaban J connectivity index is 2.19. The zero-order chi connectivity index (χ0) is 17.0. The van der Waals surface area contributed by atoms with Gasteiger partial charge < -0.3 is 14.9 Å². The van der Waals surface area contributed by atoms with Crippen LogP contribution in [0.3, 0.4) is 0 Å². The number of benzene rings is 2. The Labute approximate surface area is 134 Å². The second kappa shape index (κ2) is 6.96. The number of aryl methyl sites for hydroxylation is 1. The molecule has 0 aliphatic carbocycles. The fourth-order valence-corrected chi connectivity index (χ4v) is 2.51. The fourth-order valence-electron chi connectivity index (χ4n) is 2.51. The molecule has 5 heteroatoms. The molecule has 0 fully saturated rings. The van der Waals surface area contributed by atoms with E-state index in [4.69, 9.17) is 4.74 Å². The molecule has 0 heterocycles. The highest BCUT2D eigenvalue weighted by Gasteiger charge is 2.15. The van der Waals surface area contributed by atoms with Gasteiger partial charge in [-0.05, 0) is 31.0 Å². The summed E-state index contributed by atoms with van der Waals surface area (Å²) in [5.74, 6) is 0.0224. The molecule has 23 heavy (non-hydrogen) atoms. The molecule has 0 atom stereocenters. The van der Waals surface area contributed by atoms with Gasteiger partial charge in [0, 0.05) is 23.6 Å². The predicted molar refractivity (Wildman–Crippen MR) is 85.5 cm³/mol. The van der Waals surface area contributed by atoms with Crippen LogP contribution in [0.15, 0.2) is 30.3 Å². The zero-order valence-electron chi connectivity index (χ0n) is 13.0. The molecule has 5 nitrogen and oxygen atoms in total. The number of phenolic OH excluding ortho intramolecular Hbond substituents is 2. The number of aldehydes is 1. The lowest BCUT2D eigenvalue weighted by Crippen LogP contribution is -2.04. The van der Waals surface area contributed by atoms with Crippen molar-refractivity contribution < 1.29 is 24.5 Å². The van der Waals surface area contributed by atoms with Crippen LogP contribution in [0.4, 0.5) is 0 Å². The first-order valence-corrected chi connectivity index (χ1v) is 7.14. The van der Waals surface area contributed by atoms with Crippen molar-refractivity contribution in [1.82, 2.24) is 0 Å². The molecule has 2 aromatic rings. The van der Waals surface area contributed by atoms with Gasteiger partial charge in [0.05, 0.1) is 12.7 Å². The third-order valence-corrected chi connectivity index (χ3v) is 3.76. The minimum atomic E-state index is -0.241. The van der Waals surface area contributed by atoms with Gasteiger partial charge in [0.15, 0.2) is 5.78 Å². The Bertz CT molecular complexity index is 749. The highest BCUT2D eigenvalue weighted by atomic mass is 16.5. The first-order chi connectivity index (χ1) is 11.0. The molecular weight excluding hydrogens is 296 g/mol. The molecule has 2 rings (SSSR count). The summed E-state index contributed by atoms with van der Waals surface area (Å²) in [6.45, 7) is 1.79. The van der Waals surface area contributed by atoms with E-state index in [0.29, 0.717) is 17.7 Å². The van der Waals surface area contributed by atoms with E-state index in [9.17, 15) is 19.8 Å². The van der Waals surface area contributed by atoms with Crippen LogP contribution >= 0.6 is 0 Å². The van der Waals surface area contributed by atoms with Gasteiger partial charge in [0.2, 0.25) is 0 Å². The fraction of sp³-hybridized carbons (Fsp3) is 0.222. The van der Waals surface area contributed by atoms with E-state index in [0.717, 1.165) is 23.5 Å². The van der Waals surface area contributed by atoms with Crippen LogP contribution in [0.1, 0.15) is 38.3 Å². The quantitative estimate of drug-likeness (QED) is 0.632. The molecule has 0 aromatic heterocycles. The third kappa shape index (κ3) is 3.51. The number of methoxy groups -OCH3 is 1. The summed E-state index contributed by atoms with van der Waals surface area (Å²) in [4.78, 5) is 23.2. The summed E-state index contributed by atoms with van der Waals surface area (Å²) in [6, 6.07) is 7.35. The SMILES string of the molecule is COc1c(CCC(=O)c2ccc(O)cc2O)ccc(C=O)c1C. The largest absolute Gasteiger partial charge is 0.508 e. The lowest BCUT2D eigenvalue weighted by atomic mass is 9.98. The summed E-state index contributed by atoms with van der Waals surface area (Å²) in [6.07, 6.45) is 1.36. The molecule has 0 radical (unpaired) electrons. The van der Waals surface area contributed by atoms with Crippen molar-refractivity contribution in [3.63, 3.8) is 0 Å². The van der Waals surface area contributed by atoms with Crippen LogP contribution in [0.5, 0.6) is 17.2 Å². The van der Waals surface area contributed by atoms with Gasteiger partial charge >= 0.3 is 0 Å². The Morgan fingerprint density at radius 3 is 2.57 bits per heavy atom. The maximum absolute atomic E-state index is 12.2. The van der Waals surface area contributed by atoms with Crippen LogP contribution in [0.25, 0.3) is 0 Å². The van der Waals surface area contributed by atoms with Gasteiger partial charge in [0.25, 0.3) is 0 Å². The predicted octanol–water partition coefficient (Wildman–Crippen LogP) is 3.04. The minimum Gasteiger partial charge on any atom is -0.508 e. The number of aromatic hydroxyl groups is 2. The number of Topliss-reactive ketones (excluding diaryl/α,β-unsaturated/α-hetero) is 1. The molecule has 0 saturated heterocycles. The molecule has 0 bridgehead atoms. The van der Waals surface area contributed by atoms with Crippen LogP contribution in [0, 0.1) is 6.92 Å². The normalized spacial score (nSPS) is 10.3. The second-order valence-corrected chi connectivity index (χ2v) is 5.21. The maximum atomic E-state index is 12.2. The highest BCUT2D eigenvalue weighted by molar-refractivity contribution is 5.98. The summed E-state index contributed by atoms with van der Waals surface area (Å²) in [5, 5.41) is 19.0. The number of carbonyl (C=O) groups is 2. The van der Waals surface area contributed by atoms with E-state index in [1.54, 1.807) is 19.1 Å². The van der Waals surface area contributed by atoms with Gasteiger partial charge in [-0.25, -0.2) is 0 Å². The standard InChI is InChI=1S/C18H18O5/c1-11-13(10-19)4-3-12(18(11)23-2)5-8-16(21)15-7-6-14(20)9-17(15)22/h3-4,6-7,9-10,20,22H,5,8H2,1-2H3. The van der Waals surface area contributed by atoms with E-state index in [1.807, 2.05) is 0 Å². The average Bonchev–Trinajstić information content (AvgIpc) is 2.52. The molecule has 0 aliphatic heterocycles. The van der Waals surface area contributed by atoms with Gasteiger partial charge in [0.1, 0.15) is 23.5 Å². The van der Waals surface area contributed by atoms with Gasteiger partial charge in [-0.2, -0.15) is 0 Å². The minimum absolute atomic E-state index is 0.0965. The number of ketones is 1. The number of hydrogen-bond donors (Lipinski definition) is 2. The second-order valence-electron chi connectivity index (χ2n) is 5.21. The molecule has 2 aromatic carbocycles. The molecule has 0 amide bonds. The molecular formula is C18H18O5.